The van der Waals surface area contributed by atoms with Crippen LogP contribution in [0.4, 0.5) is 0 Å². The molecule has 0 unspecified atom stereocenters. The molecule has 7 heteroatoms. The fraction of sp³-hybridized carbons (Fsp3) is 0.414. The molecule has 0 spiro atoms. The van der Waals surface area contributed by atoms with Crippen molar-refractivity contribution in [2.24, 2.45) is 11.8 Å². The van der Waals surface area contributed by atoms with E-state index in [0.29, 0.717) is 43.5 Å². The van der Waals surface area contributed by atoms with E-state index in [-0.39, 0.29) is 42.6 Å². The van der Waals surface area contributed by atoms with Gasteiger partial charge in [-0.1, -0.05) is 48.6 Å². The lowest BCUT2D eigenvalue weighted by Gasteiger charge is -2.38. The number of nitrogens with one attached hydrogen (secondary N) is 1. The number of fused-ring (bicyclic) bond motifs is 3. The maximum Gasteiger partial charge on any atom is 0.254 e. The first-order chi connectivity index (χ1) is 17.6. The van der Waals surface area contributed by atoms with Crippen molar-refractivity contribution < 1.29 is 19.1 Å². The number of ether oxygens (including phenoxy) is 1. The van der Waals surface area contributed by atoms with Crippen molar-refractivity contribution in [1.29, 1.82) is 0 Å². The fourth-order valence-corrected chi connectivity index (χ4v) is 5.06. The van der Waals surface area contributed by atoms with E-state index in [1.54, 1.807) is 17.0 Å². The Bertz CT molecular complexity index is 1130. The summed E-state index contributed by atoms with van der Waals surface area (Å²) in [6, 6.07) is 17.1. The minimum atomic E-state index is -0.185. The highest BCUT2D eigenvalue weighted by Gasteiger charge is 2.34. The number of amides is 3. The van der Waals surface area contributed by atoms with Gasteiger partial charge in [-0.15, -0.1) is 0 Å². The highest BCUT2D eigenvalue weighted by Crippen LogP contribution is 2.30. The van der Waals surface area contributed by atoms with Gasteiger partial charge in [0, 0.05) is 36.7 Å². The summed E-state index contributed by atoms with van der Waals surface area (Å²) in [5.41, 5.74) is 1.41. The van der Waals surface area contributed by atoms with Crippen LogP contribution in [0.1, 0.15) is 41.6 Å². The van der Waals surface area contributed by atoms with Crippen LogP contribution in [0, 0.1) is 11.8 Å². The van der Waals surface area contributed by atoms with Crippen molar-refractivity contribution in [3.63, 3.8) is 0 Å². The second-order valence-corrected chi connectivity index (χ2v) is 9.97. The van der Waals surface area contributed by atoms with Crippen LogP contribution >= 0.6 is 0 Å². The third kappa shape index (κ3) is 5.96. The lowest BCUT2D eigenvalue weighted by atomic mass is 9.82. The van der Waals surface area contributed by atoms with E-state index in [4.69, 9.17) is 4.74 Å². The van der Waals surface area contributed by atoms with E-state index in [1.807, 2.05) is 53.4 Å². The van der Waals surface area contributed by atoms with Gasteiger partial charge in [-0.05, 0) is 49.3 Å². The first-order valence-electron chi connectivity index (χ1n) is 12.9. The summed E-state index contributed by atoms with van der Waals surface area (Å²) in [6.45, 7) is 1.78. The number of rotatable bonds is 4. The molecule has 0 aromatic heterocycles. The van der Waals surface area contributed by atoms with E-state index < -0.39 is 0 Å². The number of carbonyl (C=O) groups is 3. The molecule has 5 rings (SSSR count). The topological polar surface area (TPSA) is 79.0 Å². The zero-order valence-electron chi connectivity index (χ0n) is 20.5. The molecule has 2 atom stereocenters. The van der Waals surface area contributed by atoms with Crippen molar-refractivity contribution in [3.05, 3.63) is 77.9 Å². The number of piperidine rings is 1. The molecule has 2 heterocycles. The Kier molecular flexibility index (Phi) is 7.35. The van der Waals surface area contributed by atoms with Gasteiger partial charge in [0.1, 0.15) is 18.9 Å². The highest BCUT2D eigenvalue weighted by atomic mass is 16.5. The predicted molar refractivity (Wildman–Crippen MR) is 136 cm³/mol. The number of para-hydroxylation sites is 1. The van der Waals surface area contributed by atoms with Gasteiger partial charge in [0.05, 0.1) is 6.54 Å². The van der Waals surface area contributed by atoms with Gasteiger partial charge < -0.3 is 19.9 Å². The van der Waals surface area contributed by atoms with Crippen LogP contribution < -0.4 is 10.1 Å². The summed E-state index contributed by atoms with van der Waals surface area (Å²) in [6.07, 6.45) is 7.45. The quantitative estimate of drug-likeness (QED) is 0.671. The summed E-state index contributed by atoms with van der Waals surface area (Å²) in [4.78, 5) is 42.9. The van der Waals surface area contributed by atoms with Crippen LogP contribution in [-0.4, -0.2) is 59.8 Å². The smallest absolute Gasteiger partial charge is 0.254 e. The Morgan fingerprint density at radius 3 is 2.56 bits per heavy atom. The molecular formula is C29H33N3O4. The van der Waals surface area contributed by atoms with Crippen molar-refractivity contribution in [3.8, 4) is 5.75 Å². The highest BCUT2D eigenvalue weighted by molar-refractivity contribution is 5.96. The Balaban J connectivity index is 1.39. The molecule has 1 saturated carbocycles. The van der Waals surface area contributed by atoms with Gasteiger partial charge >= 0.3 is 0 Å². The van der Waals surface area contributed by atoms with E-state index in [2.05, 4.69) is 11.4 Å². The number of hydrogen-bond donors (Lipinski definition) is 1. The number of nitrogens with zero attached hydrogens (tertiary/aromatic N) is 2. The molecule has 2 aliphatic heterocycles. The van der Waals surface area contributed by atoms with Gasteiger partial charge in [-0.3, -0.25) is 14.4 Å². The molecule has 1 aliphatic carbocycles. The number of hydrogen-bond acceptors (Lipinski definition) is 4. The Morgan fingerprint density at radius 1 is 0.972 bits per heavy atom. The maximum atomic E-state index is 13.5. The molecule has 3 aliphatic rings. The van der Waals surface area contributed by atoms with Crippen LogP contribution in [0.3, 0.4) is 0 Å². The van der Waals surface area contributed by atoms with Crippen molar-refractivity contribution in [1.82, 2.24) is 15.1 Å². The van der Waals surface area contributed by atoms with Crippen LogP contribution in [-0.2, 0) is 16.1 Å². The van der Waals surface area contributed by atoms with E-state index >= 15 is 0 Å². The molecule has 2 bridgehead atoms. The average Bonchev–Trinajstić information content (AvgIpc) is 3.71. The molecular weight excluding hydrogens is 454 g/mol. The van der Waals surface area contributed by atoms with E-state index in [1.165, 1.54) is 0 Å². The summed E-state index contributed by atoms with van der Waals surface area (Å²) in [7, 11) is 0. The molecule has 1 saturated heterocycles. The SMILES string of the molecule is O=C(C[C@@H]1CCN2C[C@@H]1/C=C\COc1ccccc1CN(C(=O)c1ccccc1)CC2=O)NC1CC1. The van der Waals surface area contributed by atoms with Gasteiger partial charge in [0.25, 0.3) is 5.91 Å². The third-order valence-electron chi connectivity index (χ3n) is 7.24. The van der Waals surface area contributed by atoms with Crippen LogP contribution in [0.25, 0.3) is 0 Å². The average molecular weight is 488 g/mol. The van der Waals surface area contributed by atoms with Crippen molar-refractivity contribution in [2.45, 2.75) is 38.3 Å². The summed E-state index contributed by atoms with van der Waals surface area (Å²) >= 11 is 0. The largest absolute Gasteiger partial charge is 0.489 e. The van der Waals surface area contributed by atoms with Crippen molar-refractivity contribution in [2.75, 3.05) is 26.2 Å². The van der Waals surface area contributed by atoms with Gasteiger partial charge in [-0.25, -0.2) is 0 Å². The lowest BCUT2D eigenvalue weighted by Crippen LogP contribution is -2.48. The minimum Gasteiger partial charge on any atom is -0.489 e. The Labute approximate surface area is 212 Å². The van der Waals surface area contributed by atoms with Gasteiger partial charge in [0.2, 0.25) is 11.8 Å². The molecule has 2 aromatic rings. The van der Waals surface area contributed by atoms with Gasteiger partial charge in [0.15, 0.2) is 0 Å². The molecule has 2 aromatic carbocycles. The first-order valence-corrected chi connectivity index (χ1v) is 12.9. The van der Waals surface area contributed by atoms with E-state index in [9.17, 15) is 14.4 Å². The van der Waals surface area contributed by atoms with E-state index in [0.717, 1.165) is 24.8 Å². The molecule has 7 nitrogen and oxygen atoms in total. The van der Waals surface area contributed by atoms with Crippen LogP contribution in [0.5, 0.6) is 5.75 Å². The molecule has 3 amide bonds. The Hall–Kier alpha value is -3.61. The van der Waals surface area contributed by atoms with Crippen LogP contribution in [0.2, 0.25) is 0 Å². The summed E-state index contributed by atoms with van der Waals surface area (Å²) in [5.74, 6) is 0.770. The normalized spacial score (nSPS) is 23.3. The number of carbonyl (C=O) groups excluding carboxylic acids is 3. The lowest BCUT2D eigenvalue weighted by molar-refractivity contribution is -0.134. The predicted octanol–water partition coefficient (Wildman–Crippen LogP) is 3.41. The summed E-state index contributed by atoms with van der Waals surface area (Å²) in [5, 5.41) is 3.09. The molecule has 1 N–H and O–H groups in total. The molecule has 36 heavy (non-hydrogen) atoms. The van der Waals surface area contributed by atoms with Crippen LogP contribution in [0.15, 0.2) is 66.7 Å². The molecule has 2 fully saturated rings. The van der Waals surface area contributed by atoms with Gasteiger partial charge in [-0.2, -0.15) is 0 Å². The summed E-state index contributed by atoms with van der Waals surface area (Å²) < 4.78 is 6.07. The molecule has 0 radical (unpaired) electrons. The maximum absolute atomic E-state index is 13.5. The zero-order valence-corrected chi connectivity index (χ0v) is 20.5. The monoisotopic (exact) mass is 487 g/mol. The minimum absolute atomic E-state index is 0.00860. The fourth-order valence-electron chi connectivity index (χ4n) is 5.06. The Morgan fingerprint density at radius 2 is 1.75 bits per heavy atom. The third-order valence-corrected chi connectivity index (χ3v) is 7.24. The number of benzene rings is 2. The molecule has 188 valence electrons. The zero-order chi connectivity index (χ0) is 24.9. The second-order valence-electron chi connectivity index (χ2n) is 9.97. The standard InChI is InChI=1S/C29H33N3O4/c33-27(30-25-12-13-25)17-22-14-15-31-18-23(22)10-6-16-36-26-11-5-4-9-24(26)19-32(20-28(31)34)29(35)21-7-2-1-3-8-21/h1-11,22-23,25H,12-20H2,(H,30,33)/b10-6-/t22-,23-/m0/s1. The first kappa shape index (κ1) is 24.1. The van der Waals surface area contributed by atoms with Crippen molar-refractivity contribution >= 4 is 17.7 Å². The second kappa shape index (κ2) is 11.0.